The van der Waals surface area contributed by atoms with E-state index in [-0.39, 0.29) is 0 Å². The van der Waals surface area contributed by atoms with Gasteiger partial charge in [-0.25, -0.2) is 19.8 Å². The van der Waals surface area contributed by atoms with E-state index in [1.807, 2.05) is 0 Å². The SMILES string of the molecule is C=C(C(=O)OC)N(NC(=O)OC(C)C)C(=O)OC(C)C. The third-order valence-corrected chi connectivity index (χ3v) is 1.76. The number of ether oxygens (including phenoxy) is 3. The number of hydrazine groups is 1. The van der Waals surface area contributed by atoms with Gasteiger partial charge in [0.1, 0.15) is 5.70 Å². The second kappa shape index (κ2) is 8.03. The van der Waals surface area contributed by atoms with Crippen molar-refractivity contribution in [2.45, 2.75) is 39.9 Å². The fourth-order valence-electron chi connectivity index (χ4n) is 1.02. The van der Waals surface area contributed by atoms with Crippen LogP contribution in [0.4, 0.5) is 9.59 Å². The van der Waals surface area contributed by atoms with Crippen LogP contribution in [-0.2, 0) is 19.0 Å². The average Bonchev–Trinajstić information content (AvgIpc) is 2.32. The van der Waals surface area contributed by atoms with Crippen LogP contribution >= 0.6 is 0 Å². The molecule has 8 heteroatoms. The highest BCUT2D eigenvalue weighted by Crippen LogP contribution is 2.06. The standard InChI is InChI=1S/C12H20N2O6/c1-7(2)19-11(16)13-14(9(5)10(15)18-6)12(17)20-8(3)4/h7-8H,5H2,1-4,6H3,(H,13,16). The Labute approximate surface area is 117 Å². The summed E-state index contributed by atoms with van der Waals surface area (Å²) in [7, 11) is 1.12. The quantitative estimate of drug-likeness (QED) is 0.365. The number of hydrogen-bond donors (Lipinski definition) is 1. The summed E-state index contributed by atoms with van der Waals surface area (Å²) in [5, 5.41) is 0.538. The van der Waals surface area contributed by atoms with E-state index in [4.69, 9.17) is 9.47 Å². The molecule has 0 aliphatic carbocycles. The summed E-state index contributed by atoms with van der Waals surface area (Å²) < 4.78 is 14.1. The second-order valence-corrected chi connectivity index (χ2v) is 4.27. The maximum absolute atomic E-state index is 11.8. The first-order chi connectivity index (χ1) is 9.18. The largest absolute Gasteiger partial charge is 0.464 e. The Hall–Kier alpha value is -2.25. The van der Waals surface area contributed by atoms with Gasteiger partial charge in [-0.3, -0.25) is 0 Å². The Bertz CT molecular complexity index is 391. The molecule has 0 aliphatic heterocycles. The van der Waals surface area contributed by atoms with E-state index < -0.39 is 36.1 Å². The predicted molar refractivity (Wildman–Crippen MR) is 69.4 cm³/mol. The molecule has 1 N–H and O–H groups in total. The predicted octanol–water partition coefficient (Wildman–Crippen LogP) is 1.57. The van der Waals surface area contributed by atoms with Crippen molar-refractivity contribution >= 4 is 18.2 Å². The lowest BCUT2D eigenvalue weighted by Crippen LogP contribution is -2.48. The molecule has 0 unspecified atom stereocenters. The number of rotatable bonds is 4. The van der Waals surface area contributed by atoms with E-state index >= 15 is 0 Å². The molecule has 0 atom stereocenters. The highest BCUT2D eigenvalue weighted by atomic mass is 16.6. The molecule has 0 bridgehead atoms. The summed E-state index contributed by atoms with van der Waals surface area (Å²) in [6.45, 7) is 9.86. The summed E-state index contributed by atoms with van der Waals surface area (Å²) >= 11 is 0. The molecule has 0 aliphatic rings. The van der Waals surface area contributed by atoms with E-state index in [2.05, 4.69) is 16.7 Å². The summed E-state index contributed by atoms with van der Waals surface area (Å²) in [4.78, 5) is 34.7. The minimum absolute atomic E-state index is 0.399. The van der Waals surface area contributed by atoms with Gasteiger partial charge in [0, 0.05) is 0 Å². The van der Waals surface area contributed by atoms with Crippen molar-refractivity contribution in [3.05, 3.63) is 12.3 Å². The smallest absolute Gasteiger partial charge is 0.434 e. The molecule has 0 aromatic heterocycles. The summed E-state index contributed by atoms with van der Waals surface area (Å²) in [6.07, 6.45) is -2.75. The van der Waals surface area contributed by atoms with Crippen molar-refractivity contribution in [2.75, 3.05) is 7.11 Å². The molecule has 0 saturated carbocycles. The Morgan fingerprint density at radius 3 is 1.95 bits per heavy atom. The van der Waals surface area contributed by atoms with Gasteiger partial charge in [0.2, 0.25) is 0 Å². The lowest BCUT2D eigenvalue weighted by atomic mass is 10.4. The van der Waals surface area contributed by atoms with Crippen molar-refractivity contribution in [3.8, 4) is 0 Å². The maximum Gasteiger partial charge on any atom is 0.434 e. The van der Waals surface area contributed by atoms with Gasteiger partial charge in [-0.15, -0.1) is 0 Å². The zero-order valence-electron chi connectivity index (χ0n) is 12.3. The van der Waals surface area contributed by atoms with Gasteiger partial charge >= 0.3 is 18.2 Å². The second-order valence-electron chi connectivity index (χ2n) is 4.27. The van der Waals surface area contributed by atoms with Crippen molar-refractivity contribution < 1.29 is 28.6 Å². The van der Waals surface area contributed by atoms with Gasteiger partial charge in [0.25, 0.3) is 0 Å². The van der Waals surface area contributed by atoms with Gasteiger partial charge in [-0.2, -0.15) is 5.01 Å². The lowest BCUT2D eigenvalue weighted by molar-refractivity contribution is -0.138. The van der Waals surface area contributed by atoms with Gasteiger partial charge in [-0.05, 0) is 27.7 Å². The number of carbonyl (C=O) groups is 3. The Kier molecular flexibility index (Phi) is 7.12. The van der Waals surface area contributed by atoms with Crippen molar-refractivity contribution in [3.63, 3.8) is 0 Å². The maximum atomic E-state index is 11.8. The van der Waals surface area contributed by atoms with Crippen LogP contribution in [-0.4, -0.2) is 42.5 Å². The molecule has 0 spiro atoms. The van der Waals surface area contributed by atoms with E-state index in [1.54, 1.807) is 27.7 Å². The van der Waals surface area contributed by atoms with Crippen LogP contribution in [0.3, 0.4) is 0 Å². The zero-order valence-corrected chi connectivity index (χ0v) is 12.3. The number of carbonyl (C=O) groups excluding carboxylic acids is 3. The number of amides is 2. The number of methoxy groups -OCH3 is 1. The molecule has 20 heavy (non-hydrogen) atoms. The molecule has 0 saturated heterocycles. The first kappa shape index (κ1) is 17.8. The molecule has 0 rings (SSSR count). The molecular weight excluding hydrogens is 268 g/mol. The van der Waals surface area contributed by atoms with Gasteiger partial charge in [0.15, 0.2) is 0 Å². The molecule has 114 valence electrons. The number of esters is 1. The first-order valence-electron chi connectivity index (χ1n) is 5.94. The van der Waals surface area contributed by atoms with Crippen LogP contribution in [0.25, 0.3) is 0 Å². The van der Waals surface area contributed by atoms with Crippen LogP contribution in [0.2, 0.25) is 0 Å². The van der Waals surface area contributed by atoms with Gasteiger partial charge in [-0.1, -0.05) is 6.58 Å². The van der Waals surface area contributed by atoms with Gasteiger partial charge < -0.3 is 14.2 Å². The molecule has 0 aromatic carbocycles. The minimum atomic E-state index is -0.976. The van der Waals surface area contributed by atoms with E-state index in [9.17, 15) is 14.4 Å². The summed E-state index contributed by atoms with van der Waals surface area (Å²) in [5.41, 5.74) is 1.66. The summed E-state index contributed by atoms with van der Waals surface area (Å²) in [6, 6.07) is 0. The normalized spacial score (nSPS) is 9.95. The average molecular weight is 288 g/mol. The van der Waals surface area contributed by atoms with Crippen LogP contribution in [0.1, 0.15) is 27.7 Å². The van der Waals surface area contributed by atoms with Gasteiger partial charge in [0.05, 0.1) is 19.3 Å². The Morgan fingerprint density at radius 2 is 1.55 bits per heavy atom. The van der Waals surface area contributed by atoms with Crippen LogP contribution in [0.5, 0.6) is 0 Å². The lowest BCUT2D eigenvalue weighted by Gasteiger charge is -2.24. The topological polar surface area (TPSA) is 94.2 Å². The van der Waals surface area contributed by atoms with Crippen molar-refractivity contribution in [1.29, 1.82) is 0 Å². The molecule has 2 amide bonds. The highest BCUT2D eigenvalue weighted by molar-refractivity contribution is 5.92. The molecule has 0 heterocycles. The van der Waals surface area contributed by atoms with E-state index in [1.165, 1.54) is 0 Å². The Balaban J connectivity index is 4.97. The van der Waals surface area contributed by atoms with Crippen molar-refractivity contribution in [1.82, 2.24) is 10.4 Å². The number of nitrogens with zero attached hydrogens (tertiary/aromatic N) is 1. The Morgan fingerprint density at radius 1 is 1.05 bits per heavy atom. The van der Waals surface area contributed by atoms with Crippen LogP contribution in [0.15, 0.2) is 12.3 Å². The molecule has 0 radical (unpaired) electrons. The first-order valence-corrected chi connectivity index (χ1v) is 5.94. The third kappa shape index (κ3) is 6.07. The number of hydrogen-bond acceptors (Lipinski definition) is 6. The van der Waals surface area contributed by atoms with Crippen molar-refractivity contribution in [2.24, 2.45) is 0 Å². The molecular formula is C12H20N2O6. The monoisotopic (exact) mass is 288 g/mol. The minimum Gasteiger partial charge on any atom is -0.464 e. The molecule has 0 aromatic rings. The van der Waals surface area contributed by atoms with Crippen LogP contribution in [0, 0.1) is 0 Å². The third-order valence-electron chi connectivity index (χ3n) is 1.76. The van der Waals surface area contributed by atoms with Crippen LogP contribution < -0.4 is 5.43 Å². The summed E-state index contributed by atoms with van der Waals surface area (Å²) in [5.74, 6) is -0.893. The molecule has 0 fully saturated rings. The zero-order chi connectivity index (χ0) is 15.9. The number of nitrogens with one attached hydrogen (secondary N) is 1. The molecule has 8 nitrogen and oxygen atoms in total. The fourth-order valence-corrected chi connectivity index (χ4v) is 1.02. The van der Waals surface area contributed by atoms with E-state index in [0.29, 0.717) is 5.01 Å². The fraction of sp³-hybridized carbons (Fsp3) is 0.583. The van der Waals surface area contributed by atoms with E-state index in [0.717, 1.165) is 7.11 Å². The highest BCUT2D eigenvalue weighted by Gasteiger charge is 2.27.